The third kappa shape index (κ3) is 8.81. The lowest BCUT2D eigenvalue weighted by molar-refractivity contribution is 0.328. The molecule has 0 bridgehead atoms. The normalized spacial score (nSPS) is 12.7. The van der Waals surface area contributed by atoms with Crippen LogP contribution in [0, 0.1) is 6.92 Å². The summed E-state index contributed by atoms with van der Waals surface area (Å²) >= 11 is 0. The van der Waals surface area contributed by atoms with Gasteiger partial charge >= 0.3 is 7.94 Å². The fourth-order valence-corrected chi connectivity index (χ4v) is 3.60. The minimum Gasteiger partial charge on any atom is -0.193 e. The summed E-state index contributed by atoms with van der Waals surface area (Å²) in [6.45, 7) is 8.98. The summed E-state index contributed by atoms with van der Waals surface area (Å²) in [4.78, 5) is 26.8. The van der Waals surface area contributed by atoms with Crippen molar-refractivity contribution in [2.24, 2.45) is 0 Å². The highest BCUT2D eigenvalue weighted by Crippen LogP contribution is 2.45. The first-order chi connectivity index (χ1) is 10.6. The molecule has 3 nitrogen and oxygen atoms in total. The highest BCUT2D eigenvalue weighted by atomic mass is 31.2. The second-order valence-corrected chi connectivity index (χ2v) is 9.53. The summed E-state index contributed by atoms with van der Waals surface area (Å²) in [6.07, 6.45) is 7.60. The molecule has 0 radical (unpaired) electrons. The van der Waals surface area contributed by atoms with Crippen LogP contribution in [-0.4, -0.2) is 20.8 Å². The van der Waals surface area contributed by atoms with Crippen molar-refractivity contribution in [1.29, 1.82) is 0 Å². The number of hydrogen-bond donors (Lipinski definition) is 3. The molecule has 0 saturated carbocycles. The van der Waals surface area contributed by atoms with Crippen molar-refractivity contribution >= 4 is 7.94 Å². The summed E-state index contributed by atoms with van der Waals surface area (Å²) in [6, 6.07) is 6.81. The van der Waals surface area contributed by atoms with Gasteiger partial charge in [0.2, 0.25) is 0 Å². The molecule has 1 aromatic carbocycles. The molecule has 0 heterocycles. The number of hydrogen-bond acceptors (Lipinski definition) is 3. The van der Waals surface area contributed by atoms with Gasteiger partial charge < -0.3 is 0 Å². The van der Waals surface area contributed by atoms with Crippen molar-refractivity contribution in [3.8, 4) is 0 Å². The molecule has 0 amide bonds. The predicted octanol–water partition coefficient (Wildman–Crippen LogP) is 4.92. The SMILES string of the molecule is Cc1ccc(CCCCCCCC[P+](O)(O)O)c(C(C)(C)C)c1. The zero-order chi connectivity index (χ0) is 17.5. The molecule has 3 N–H and O–H groups in total. The molecule has 0 unspecified atom stereocenters. The van der Waals surface area contributed by atoms with Crippen LogP contribution in [0.25, 0.3) is 0 Å². The lowest BCUT2D eigenvalue weighted by Gasteiger charge is -2.23. The Hall–Kier alpha value is -0.470. The standard InChI is InChI=1S/C19H34O3P/c1-16-12-13-17(18(15-16)19(2,3)4)11-9-7-5-6-8-10-14-23(20,21)22/h12-13,15,20-22H,5-11,14H2,1-4H3/q+1. The molecule has 0 aromatic heterocycles. The molecule has 0 spiro atoms. The minimum absolute atomic E-state index is 0.144. The number of benzene rings is 1. The monoisotopic (exact) mass is 341 g/mol. The van der Waals surface area contributed by atoms with E-state index in [-0.39, 0.29) is 11.6 Å². The Morgan fingerprint density at radius 2 is 1.43 bits per heavy atom. The van der Waals surface area contributed by atoms with Gasteiger partial charge in [0.1, 0.15) is 6.16 Å². The average Bonchev–Trinajstić information content (AvgIpc) is 2.40. The van der Waals surface area contributed by atoms with Gasteiger partial charge in [0.15, 0.2) is 0 Å². The zero-order valence-corrected chi connectivity index (χ0v) is 16.1. The van der Waals surface area contributed by atoms with Crippen molar-refractivity contribution in [2.45, 2.75) is 78.1 Å². The van der Waals surface area contributed by atoms with Crippen molar-refractivity contribution < 1.29 is 14.7 Å². The highest BCUT2D eigenvalue weighted by molar-refractivity contribution is 7.58. The Morgan fingerprint density at radius 1 is 0.870 bits per heavy atom. The van der Waals surface area contributed by atoms with Crippen LogP contribution in [0.3, 0.4) is 0 Å². The summed E-state index contributed by atoms with van der Waals surface area (Å²) in [5, 5.41) is 0. The molecule has 0 saturated heterocycles. The van der Waals surface area contributed by atoms with Gasteiger partial charge in [-0.05, 0) is 49.1 Å². The van der Waals surface area contributed by atoms with Gasteiger partial charge in [-0.2, -0.15) is 14.7 Å². The first-order valence-electron chi connectivity index (χ1n) is 8.76. The van der Waals surface area contributed by atoms with Gasteiger partial charge in [-0.25, -0.2) is 0 Å². The summed E-state index contributed by atoms with van der Waals surface area (Å²) in [7, 11) is -3.54. The summed E-state index contributed by atoms with van der Waals surface area (Å²) in [5.74, 6) is 0. The van der Waals surface area contributed by atoms with E-state index in [1.807, 2.05) is 0 Å². The topological polar surface area (TPSA) is 60.7 Å². The molecular weight excluding hydrogens is 307 g/mol. The van der Waals surface area contributed by atoms with Gasteiger partial charge in [-0.3, -0.25) is 0 Å². The van der Waals surface area contributed by atoms with Gasteiger partial charge in [-0.1, -0.05) is 63.8 Å². The molecular formula is C19H34O3P+. The quantitative estimate of drug-likeness (QED) is 0.441. The summed E-state index contributed by atoms with van der Waals surface area (Å²) in [5.41, 5.74) is 4.45. The second-order valence-electron chi connectivity index (χ2n) is 7.70. The average molecular weight is 341 g/mol. The molecule has 132 valence electrons. The fraction of sp³-hybridized carbons (Fsp3) is 0.684. The van der Waals surface area contributed by atoms with E-state index in [0.717, 1.165) is 19.3 Å². The maximum Gasteiger partial charge on any atom is 0.403 e. The van der Waals surface area contributed by atoms with Gasteiger partial charge in [0, 0.05) is 0 Å². The Bertz CT molecular complexity index is 472. The molecule has 0 aliphatic rings. The third-order valence-corrected chi connectivity index (χ3v) is 5.14. The van der Waals surface area contributed by atoms with E-state index in [4.69, 9.17) is 14.7 Å². The van der Waals surface area contributed by atoms with Crippen LogP contribution in [0.4, 0.5) is 0 Å². The summed E-state index contributed by atoms with van der Waals surface area (Å²) < 4.78 is 0. The minimum atomic E-state index is -3.54. The molecule has 0 aliphatic heterocycles. The van der Waals surface area contributed by atoms with Crippen molar-refractivity contribution in [2.75, 3.05) is 6.16 Å². The van der Waals surface area contributed by atoms with Crippen LogP contribution in [-0.2, 0) is 11.8 Å². The van der Waals surface area contributed by atoms with E-state index < -0.39 is 7.94 Å². The number of unbranched alkanes of at least 4 members (excludes halogenated alkanes) is 5. The Morgan fingerprint density at radius 3 is 2.00 bits per heavy atom. The van der Waals surface area contributed by atoms with E-state index >= 15 is 0 Å². The second kappa shape index (κ2) is 9.13. The first kappa shape index (κ1) is 20.6. The van der Waals surface area contributed by atoms with Crippen LogP contribution < -0.4 is 0 Å². The van der Waals surface area contributed by atoms with Crippen molar-refractivity contribution in [1.82, 2.24) is 0 Å². The van der Waals surface area contributed by atoms with Crippen LogP contribution in [0.5, 0.6) is 0 Å². The predicted molar refractivity (Wildman–Crippen MR) is 99.7 cm³/mol. The number of aryl methyl sites for hydroxylation is 2. The first-order valence-corrected chi connectivity index (χ1v) is 10.6. The van der Waals surface area contributed by atoms with Crippen LogP contribution >= 0.6 is 7.94 Å². The molecule has 0 atom stereocenters. The van der Waals surface area contributed by atoms with E-state index in [0.29, 0.717) is 6.42 Å². The Kier molecular flexibility index (Phi) is 8.17. The third-order valence-electron chi connectivity index (χ3n) is 4.23. The molecule has 1 rings (SSSR count). The molecule has 23 heavy (non-hydrogen) atoms. The molecule has 1 aromatic rings. The van der Waals surface area contributed by atoms with Crippen LogP contribution in [0.1, 0.15) is 76.0 Å². The van der Waals surface area contributed by atoms with Crippen molar-refractivity contribution in [3.63, 3.8) is 0 Å². The molecule has 0 fully saturated rings. The maximum absolute atomic E-state index is 8.92. The van der Waals surface area contributed by atoms with Crippen LogP contribution in [0.2, 0.25) is 0 Å². The highest BCUT2D eigenvalue weighted by Gasteiger charge is 2.27. The molecule has 0 aliphatic carbocycles. The van der Waals surface area contributed by atoms with E-state index in [9.17, 15) is 0 Å². The lowest BCUT2D eigenvalue weighted by atomic mass is 9.81. The zero-order valence-electron chi connectivity index (χ0n) is 15.2. The Labute approximate surface area is 142 Å². The van der Waals surface area contributed by atoms with Gasteiger partial charge in [-0.15, -0.1) is 0 Å². The van der Waals surface area contributed by atoms with Gasteiger partial charge in [0.25, 0.3) is 0 Å². The van der Waals surface area contributed by atoms with E-state index in [1.165, 1.54) is 36.0 Å². The van der Waals surface area contributed by atoms with Gasteiger partial charge in [0.05, 0.1) is 0 Å². The lowest BCUT2D eigenvalue weighted by Crippen LogP contribution is -2.14. The van der Waals surface area contributed by atoms with Crippen molar-refractivity contribution in [3.05, 3.63) is 34.9 Å². The number of rotatable bonds is 9. The van der Waals surface area contributed by atoms with E-state index in [1.54, 1.807) is 0 Å². The Balaban J connectivity index is 2.29. The van der Waals surface area contributed by atoms with Crippen LogP contribution in [0.15, 0.2) is 18.2 Å². The largest absolute Gasteiger partial charge is 0.403 e. The smallest absolute Gasteiger partial charge is 0.193 e. The van der Waals surface area contributed by atoms with E-state index in [2.05, 4.69) is 45.9 Å². The maximum atomic E-state index is 8.92. The molecule has 4 heteroatoms. The fourth-order valence-electron chi connectivity index (χ4n) is 2.95.